The Bertz CT molecular complexity index is 338. The van der Waals surface area contributed by atoms with E-state index >= 15 is 0 Å². The van der Waals surface area contributed by atoms with Crippen molar-refractivity contribution < 1.29 is 0 Å². The van der Waals surface area contributed by atoms with Gasteiger partial charge in [0.15, 0.2) is 0 Å². The van der Waals surface area contributed by atoms with Gasteiger partial charge in [-0.1, -0.05) is 27.7 Å². The Balaban J connectivity index is 2.86. The Hall–Kier alpha value is -0.380. The molecule has 1 heterocycles. The predicted octanol–water partition coefficient (Wildman–Crippen LogP) is 3.39. The van der Waals surface area contributed by atoms with Gasteiger partial charge in [-0.15, -0.1) is 11.3 Å². The monoisotopic (exact) mass is 254 g/mol. The molecule has 17 heavy (non-hydrogen) atoms. The van der Waals surface area contributed by atoms with E-state index < -0.39 is 0 Å². The van der Waals surface area contributed by atoms with Gasteiger partial charge in [-0.2, -0.15) is 0 Å². The minimum absolute atomic E-state index is 0.241. The topological polar surface area (TPSA) is 29.3 Å². The second-order valence-electron chi connectivity index (χ2n) is 5.68. The number of nitrogens with zero attached hydrogens (tertiary/aromatic N) is 1. The molecule has 1 atom stereocenters. The van der Waals surface area contributed by atoms with Gasteiger partial charge in [0.25, 0.3) is 0 Å². The van der Waals surface area contributed by atoms with Crippen molar-refractivity contribution in [2.45, 2.75) is 45.6 Å². The Kier molecular flexibility index (Phi) is 5.17. The first kappa shape index (κ1) is 14.7. The molecule has 1 unspecified atom stereocenters. The fraction of sp³-hybridized carbons (Fsp3) is 0.714. The van der Waals surface area contributed by atoms with Crippen LogP contribution in [0.3, 0.4) is 0 Å². The second-order valence-corrected chi connectivity index (χ2v) is 6.80. The van der Waals surface area contributed by atoms with Gasteiger partial charge in [-0.05, 0) is 37.6 Å². The maximum Gasteiger partial charge on any atom is 0.0561 e. The molecule has 0 bridgehead atoms. The standard InChI is InChI=1S/C14H26N2S/c1-6-9-16(5)11(10-15)12-7-8-13(17-12)14(2,3)4/h7-8,11H,6,9-10,15H2,1-5H3. The third kappa shape index (κ3) is 3.80. The van der Waals surface area contributed by atoms with E-state index in [4.69, 9.17) is 5.73 Å². The van der Waals surface area contributed by atoms with Crippen LogP contribution in [0.4, 0.5) is 0 Å². The molecule has 3 heteroatoms. The summed E-state index contributed by atoms with van der Waals surface area (Å²) < 4.78 is 0. The van der Waals surface area contributed by atoms with Crippen LogP contribution in [0.25, 0.3) is 0 Å². The Morgan fingerprint density at radius 2 is 2.00 bits per heavy atom. The summed E-state index contributed by atoms with van der Waals surface area (Å²) in [5.41, 5.74) is 6.16. The Morgan fingerprint density at radius 3 is 2.41 bits per heavy atom. The second kappa shape index (κ2) is 5.98. The molecule has 2 nitrogen and oxygen atoms in total. The summed E-state index contributed by atoms with van der Waals surface area (Å²) in [6.07, 6.45) is 1.17. The number of likely N-dealkylation sites (N-methyl/N-ethyl adjacent to an activating group) is 1. The van der Waals surface area contributed by atoms with Crippen molar-refractivity contribution in [2.24, 2.45) is 5.73 Å². The molecule has 98 valence electrons. The summed E-state index contributed by atoms with van der Waals surface area (Å²) in [7, 11) is 2.16. The minimum Gasteiger partial charge on any atom is -0.329 e. The normalized spacial score (nSPS) is 14.3. The Morgan fingerprint density at radius 1 is 1.35 bits per heavy atom. The highest BCUT2D eigenvalue weighted by atomic mass is 32.1. The maximum atomic E-state index is 5.92. The van der Waals surface area contributed by atoms with Crippen molar-refractivity contribution >= 4 is 11.3 Å². The van der Waals surface area contributed by atoms with Crippen molar-refractivity contribution in [3.05, 3.63) is 21.9 Å². The highest BCUT2D eigenvalue weighted by Crippen LogP contribution is 2.33. The number of thiophene rings is 1. The van der Waals surface area contributed by atoms with E-state index in [0.29, 0.717) is 12.6 Å². The average Bonchev–Trinajstić information content (AvgIpc) is 2.68. The van der Waals surface area contributed by atoms with Crippen LogP contribution in [-0.4, -0.2) is 25.0 Å². The van der Waals surface area contributed by atoms with Gasteiger partial charge in [0, 0.05) is 16.3 Å². The van der Waals surface area contributed by atoms with Crippen LogP contribution in [0.1, 0.15) is 49.9 Å². The zero-order chi connectivity index (χ0) is 13.1. The minimum atomic E-state index is 0.241. The van der Waals surface area contributed by atoms with E-state index in [9.17, 15) is 0 Å². The lowest BCUT2D eigenvalue weighted by Crippen LogP contribution is -2.30. The first-order valence-electron chi connectivity index (χ1n) is 6.40. The molecule has 0 aliphatic heterocycles. The van der Waals surface area contributed by atoms with Crippen molar-refractivity contribution in [3.63, 3.8) is 0 Å². The van der Waals surface area contributed by atoms with Crippen LogP contribution in [-0.2, 0) is 5.41 Å². The number of nitrogens with two attached hydrogens (primary N) is 1. The van der Waals surface area contributed by atoms with Gasteiger partial charge in [0.1, 0.15) is 0 Å². The number of rotatable bonds is 5. The molecule has 1 aromatic rings. The molecule has 0 fully saturated rings. The molecule has 0 aromatic carbocycles. The molecular formula is C14H26N2S. The van der Waals surface area contributed by atoms with Crippen molar-refractivity contribution in [1.82, 2.24) is 4.90 Å². The van der Waals surface area contributed by atoms with E-state index in [2.05, 4.69) is 51.8 Å². The lowest BCUT2D eigenvalue weighted by molar-refractivity contribution is 0.254. The summed E-state index contributed by atoms with van der Waals surface area (Å²) in [5.74, 6) is 0. The molecule has 0 saturated heterocycles. The fourth-order valence-corrected chi connectivity index (χ4v) is 3.20. The molecule has 0 aliphatic carbocycles. The van der Waals surface area contributed by atoms with Crippen molar-refractivity contribution in [2.75, 3.05) is 20.1 Å². The van der Waals surface area contributed by atoms with E-state index in [-0.39, 0.29) is 5.41 Å². The van der Waals surface area contributed by atoms with Gasteiger partial charge >= 0.3 is 0 Å². The van der Waals surface area contributed by atoms with Crippen LogP contribution in [0.2, 0.25) is 0 Å². The zero-order valence-corrected chi connectivity index (χ0v) is 12.6. The SMILES string of the molecule is CCCN(C)C(CN)c1ccc(C(C)(C)C)s1. The van der Waals surface area contributed by atoms with Crippen LogP contribution in [0.5, 0.6) is 0 Å². The molecule has 2 N–H and O–H groups in total. The van der Waals surface area contributed by atoms with Crippen molar-refractivity contribution in [1.29, 1.82) is 0 Å². The predicted molar refractivity (Wildman–Crippen MR) is 77.7 cm³/mol. The molecule has 0 radical (unpaired) electrons. The third-order valence-corrected chi connectivity index (χ3v) is 4.64. The summed E-state index contributed by atoms with van der Waals surface area (Å²) in [6.45, 7) is 10.8. The van der Waals surface area contributed by atoms with Crippen LogP contribution >= 0.6 is 11.3 Å². The van der Waals surface area contributed by atoms with Gasteiger partial charge in [0.2, 0.25) is 0 Å². The van der Waals surface area contributed by atoms with E-state index in [1.165, 1.54) is 16.2 Å². The molecule has 1 aromatic heterocycles. The van der Waals surface area contributed by atoms with Crippen molar-refractivity contribution in [3.8, 4) is 0 Å². The molecule has 0 saturated carbocycles. The first-order valence-corrected chi connectivity index (χ1v) is 7.22. The number of hydrogen-bond acceptors (Lipinski definition) is 3. The van der Waals surface area contributed by atoms with E-state index in [1.807, 2.05) is 11.3 Å². The van der Waals surface area contributed by atoms with Crippen LogP contribution in [0, 0.1) is 0 Å². The third-order valence-electron chi connectivity index (χ3n) is 3.03. The van der Waals surface area contributed by atoms with Gasteiger partial charge in [-0.25, -0.2) is 0 Å². The van der Waals surface area contributed by atoms with Gasteiger partial charge < -0.3 is 5.73 Å². The summed E-state index contributed by atoms with van der Waals surface area (Å²) in [4.78, 5) is 5.20. The first-order chi connectivity index (χ1) is 7.90. The molecule has 0 aliphatic rings. The van der Waals surface area contributed by atoms with Gasteiger partial charge in [0.05, 0.1) is 6.04 Å². The average molecular weight is 254 g/mol. The summed E-state index contributed by atoms with van der Waals surface area (Å²) >= 11 is 1.91. The highest BCUT2D eigenvalue weighted by Gasteiger charge is 2.21. The lowest BCUT2D eigenvalue weighted by atomic mass is 9.95. The highest BCUT2D eigenvalue weighted by molar-refractivity contribution is 7.12. The zero-order valence-electron chi connectivity index (χ0n) is 11.8. The van der Waals surface area contributed by atoms with E-state index in [0.717, 1.165) is 6.54 Å². The molecule has 1 rings (SSSR count). The van der Waals surface area contributed by atoms with Crippen LogP contribution < -0.4 is 5.73 Å². The smallest absolute Gasteiger partial charge is 0.0561 e. The molecular weight excluding hydrogens is 228 g/mol. The summed E-state index contributed by atoms with van der Waals surface area (Å²) in [5, 5.41) is 0. The maximum absolute atomic E-state index is 5.92. The quantitative estimate of drug-likeness (QED) is 0.872. The Labute approximate surface area is 110 Å². The van der Waals surface area contributed by atoms with E-state index in [1.54, 1.807) is 0 Å². The molecule has 0 amide bonds. The van der Waals surface area contributed by atoms with Gasteiger partial charge in [-0.3, -0.25) is 4.90 Å². The largest absolute Gasteiger partial charge is 0.329 e. The lowest BCUT2D eigenvalue weighted by Gasteiger charge is -2.25. The fourth-order valence-electron chi connectivity index (χ4n) is 1.96. The van der Waals surface area contributed by atoms with Crippen LogP contribution in [0.15, 0.2) is 12.1 Å². The molecule has 0 spiro atoms. The summed E-state index contributed by atoms with van der Waals surface area (Å²) in [6, 6.07) is 4.87. The number of hydrogen-bond donors (Lipinski definition) is 1.